The van der Waals surface area contributed by atoms with Gasteiger partial charge in [-0.05, 0) is 66.8 Å². The van der Waals surface area contributed by atoms with Crippen molar-refractivity contribution in [2.75, 3.05) is 0 Å². The van der Waals surface area contributed by atoms with Gasteiger partial charge in [0.05, 0.1) is 5.25 Å². The third-order valence-electron chi connectivity index (χ3n) is 3.79. The average Bonchev–Trinajstić information content (AvgIpc) is 2.88. The van der Waals surface area contributed by atoms with Gasteiger partial charge in [0.15, 0.2) is 5.78 Å². The molecule has 0 saturated carbocycles. The van der Waals surface area contributed by atoms with Crippen LogP contribution >= 0.6 is 11.8 Å². The molecule has 1 aromatic heterocycles. The van der Waals surface area contributed by atoms with Gasteiger partial charge in [0.1, 0.15) is 0 Å². The number of nitrogens with zero attached hydrogens (tertiary/aromatic N) is 4. The molecule has 0 spiro atoms. The molecule has 2 aromatic rings. The van der Waals surface area contributed by atoms with Gasteiger partial charge in [-0.2, -0.15) is 0 Å². The Morgan fingerprint density at radius 3 is 2.43 bits per heavy atom. The summed E-state index contributed by atoms with van der Waals surface area (Å²) in [6.07, 6.45) is 0. The molecule has 1 aromatic carbocycles. The van der Waals surface area contributed by atoms with Crippen LogP contribution in [-0.4, -0.2) is 31.2 Å². The molecule has 0 unspecified atom stereocenters. The van der Waals surface area contributed by atoms with Crippen LogP contribution < -0.4 is 0 Å². The van der Waals surface area contributed by atoms with E-state index in [-0.39, 0.29) is 11.0 Å². The average molecular weight is 332 g/mol. The van der Waals surface area contributed by atoms with E-state index in [9.17, 15) is 4.79 Å². The first kappa shape index (κ1) is 17.7. The van der Waals surface area contributed by atoms with Gasteiger partial charge >= 0.3 is 0 Å². The van der Waals surface area contributed by atoms with Crippen molar-refractivity contribution in [3.05, 3.63) is 34.4 Å². The van der Waals surface area contributed by atoms with Crippen LogP contribution in [0, 0.1) is 26.7 Å². The van der Waals surface area contributed by atoms with Crippen molar-refractivity contribution in [3.8, 4) is 0 Å². The van der Waals surface area contributed by atoms with E-state index in [1.165, 1.54) is 17.3 Å². The number of carbonyl (C=O) groups excluding carboxylic acids is 1. The summed E-state index contributed by atoms with van der Waals surface area (Å²) in [4.78, 5) is 12.8. The highest BCUT2D eigenvalue weighted by atomic mass is 32.2. The van der Waals surface area contributed by atoms with Crippen LogP contribution in [0.3, 0.4) is 0 Å². The first-order valence-corrected chi connectivity index (χ1v) is 8.72. The molecule has 0 bridgehead atoms. The predicted octanol–water partition coefficient (Wildman–Crippen LogP) is 3.62. The standard InChI is InChI=1S/C17H24N4OS/c1-10(2)9-21-17(18-19-20-21)23-14(6)16(22)15-8-12(4)11(3)7-13(15)5/h7-8,10,14H,9H2,1-6H3/t14-/m0/s1. The van der Waals surface area contributed by atoms with Crippen LogP contribution in [0.1, 0.15) is 47.8 Å². The van der Waals surface area contributed by atoms with E-state index in [1.807, 2.05) is 26.8 Å². The maximum atomic E-state index is 12.8. The molecule has 6 heteroatoms. The van der Waals surface area contributed by atoms with Gasteiger partial charge in [0.25, 0.3) is 0 Å². The second-order valence-corrected chi connectivity index (χ2v) is 7.72. The number of hydrogen-bond acceptors (Lipinski definition) is 5. The quantitative estimate of drug-likeness (QED) is 0.597. The van der Waals surface area contributed by atoms with Crippen molar-refractivity contribution < 1.29 is 4.79 Å². The number of tetrazole rings is 1. The monoisotopic (exact) mass is 332 g/mol. The molecule has 0 N–H and O–H groups in total. The molecule has 0 fully saturated rings. The number of rotatable bonds is 6. The highest BCUT2D eigenvalue weighted by Crippen LogP contribution is 2.26. The zero-order valence-electron chi connectivity index (χ0n) is 14.6. The summed E-state index contributed by atoms with van der Waals surface area (Å²) in [6.45, 7) is 13.0. The minimum atomic E-state index is -0.229. The first-order valence-electron chi connectivity index (χ1n) is 7.84. The molecule has 1 heterocycles. The molecule has 0 aliphatic heterocycles. The Morgan fingerprint density at radius 1 is 1.13 bits per heavy atom. The molecule has 0 radical (unpaired) electrons. The number of aryl methyl sites for hydroxylation is 3. The predicted molar refractivity (Wildman–Crippen MR) is 93.0 cm³/mol. The van der Waals surface area contributed by atoms with Gasteiger partial charge in [-0.25, -0.2) is 4.68 Å². The fraction of sp³-hybridized carbons (Fsp3) is 0.529. The fourth-order valence-corrected chi connectivity index (χ4v) is 3.26. The van der Waals surface area contributed by atoms with Crippen LogP contribution in [0.2, 0.25) is 0 Å². The normalized spacial score (nSPS) is 12.7. The summed E-state index contributed by atoms with van der Waals surface area (Å²) < 4.78 is 1.77. The lowest BCUT2D eigenvalue weighted by Crippen LogP contribution is -2.17. The Morgan fingerprint density at radius 2 is 1.78 bits per heavy atom. The molecular weight excluding hydrogens is 308 g/mol. The molecule has 5 nitrogen and oxygen atoms in total. The zero-order chi connectivity index (χ0) is 17.1. The van der Waals surface area contributed by atoms with Gasteiger partial charge in [0.2, 0.25) is 5.16 Å². The Balaban J connectivity index is 2.18. The summed E-state index contributed by atoms with van der Waals surface area (Å²) in [5, 5.41) is 12.3. The number of Topliss-reactive ketones (excluding diaryl/α,β-unsaturated/α-hetero) is 1. The Labute approximate surface area is 141 Å². The molecule has 0 amide bonds. The van der Waals surface area contributed by atoms with Crippen LogP contribution in [0.4, 0.5) is 0 Å². The van der Waals surface area contributed by atoms with E-state index in [4.69, 9.17) is 0 Å². The Kier molecular flexibility index (Phi) is 5.57. The largest absolute Gasteiger partial charge is 0.293 e. The SMILES string of the molecule is Cc1cc(C)c(C(=O)[C@H](C)Sc2nnnn2CC(C)C)cc1C. The molecule has 1 atom stereocenters. The van der Waals surface area contributed by atoms with E-state index < -0.39 is 0 Å². The second kappa shape index (κ2) is 7.25. The van der Waals surface area contributed by atoms with Crippen LogP contribution in [0.15, 0.2) is 17.3 Å². The van der Waals surface area contributed by atoms with Gasteiger partial charge in [-0.15, -0.1) is 5.10 Å². The van der Waals surface area contributed by atoms with Gasteiger partial charge in [-0.1, -0.05) is 31.7 Å². The lowest BCUT2D eigenvalue weighted by Gasteiger charge is -2.14. The minimum Gasteiger partial charge on any atom is -0.293 e. The first-order chi connectivity index (χ1) is 10.8. The zero-order valence-corrected chi connectivity index (χ0v) is 15.4. The van der Waals surface area contributed by atoms with Crippen LogP contribution in [-0.2, 0) is 6.54 Å². The molecule has 124 valence electrons. The van der Waals surface area contributed by atoms with Crippen molar-refractivity contribution in [2.24, 2.45) is 5.92 Å². The maximum absolute atomic E-state index is 12.8. The second-order valence-electron chi connectivity index (χ2n) is 6.41. The lowest BCUT2D eigenvalue weighted by molar-refractivity contribution is 0.0993. The summed E-state index contributed by atoms with van der Waals surface area (Å²) in [5.74, 6) is 0.570. The van der Waals surface area contributed by atoms with E-state index in [2.05, 4.69) is 42.4 Å². The van der Waals surface area contributed by atoms with Crippen molar-refractivity contribution in [3.63, 3.8) is 0 Å². The summed E-state index contributed by atoms with van der Waals surface area (Å²) in [6, 6.07) is 4.06. The Hall–Kier alpha value is -1.69. The third-order valence-corrected chi connectivity index (χ3v) is 4.87. The maximum Gasteiger partial charge on any atom is 0.210 e. The number of carbonyl (C=O) groups is 1. The molecule has 2 rings (SSSR count). The van der Waals surface area contributed by atoms with Gasteiger partial charge < -0.3 is 0 Å². The number of aromatic nitrogens is 4. The molecular formula is C17H24N4OS. The summed E-state index contributed by atoms with van der Waals surface area (Å²) >= 11 is 1.42. The summed E-state index contributed by atoms with van der Waals surface area (Å²) in [5.41, 5.74) is 4.16. The highest BCUT2D eigenvalue weighted by Gasteiger charge is 2.22. The molecule has 0 aliphatic rings. The van der Waals surface area contributed by atoms with Gasteiger partial charge in [-0.3, -0.25) is 4.79 Å². The van der Waals surface area contributed by atoms with E-state index in [0.29, 0.717) is 11.1 Å². The van der Waals surface area contributed by atoms with Crippen molar-refractivity contribution in [1.29, 1.82) is 0 Å². The van der Waals surface area contributed by atoms with Crippen molar-refractivity contribution >= 4 is 17.5 Å². The van der Waals surface area contributed by atoms with Crippen LogP contribution in [0.25, 0.3) is 0 Å². The molecule has 23 heavy (non-hydrogen) atoms. The third kappa shape index (κ3) is 4.19. The summed E-state index contributed by atoms with van der Waals surface area (Å²) in [7, 11) is 0. The van der Waals surface area contributed by atoms with E-state index >= 15 is 0 Å². The fourth-order valence-electron chi connectivity index (χ4n) is 2.40. The topological polar surface area (TPSA) is 60.7 Å². The number of thioether (sulfide) groups is 1. The molecule has 0 saturated heterocycles. The van der Waals surface area contributed by atoms with Gasteiger partial charge in [0, 0.05) is 12.1 Å². The van der Waals surface area contributed by atoms with E-state index in [0.717, 1.165) is 23.2 Å². The lowest BCUT2D eigenvalue weighted by atomic mass is 9.97. The van der Waals surface area contributed by atoms with Crippen LogP contribution in [0.5, 0.6) is 0 Å². The van der Waals surface area contributed by atoms with E-state index in [1.54, 1.807) is 4.68 Å². The minimum absolute atomic E-state index is 0.120. The van der Waals surface area contributed by atoms with Crippen molar-refractivity contribution in [2.45, 2.75) is 58.5 Å². The number of benzene rings is 1. The smallest absolute Gasteiger partial charge is 0.210 e. The number of ketones is 1. The highest BCUT2D eigenvalue weighted by molar-refractivity contribution is 8.00. The Bertz CT molecular complexity index is 709. The molecule has 0 aliphatic carbocycles. The van der Waals surface area contributed by atoms with Crippen molar-refractivity contribution in [1.82, 2.24) is 20.2 Å². The number of hydrogen-bond donors (Lipinski definition) is 0.